The van der Waals surface area contributed by atoms with Gasteiger partial charge in [-0.15, -0.1) is 0 Å². The summed E-state index contributed by atoms with van der Waals surface area (Å²) in [5, 5.41) is 0. The van der Waals surface area contributed by atoms with Gasteiger partial charge in [0.25, 0.3) is 5.91 Å². The summed E-state index contributed by atoms with van der Waals surface area (Å²) in [6.07, 6.45) is 3.57. The molecule has 0 bridgehead atoms. The molecule has 0 atom stereocenters. The van der Waals surface area contributed by atoms with E-state index in [-0.39, 0.29) is 17.3 Å². The highest BCUT2D eigenvalue weighted by Crippen LogP contribution is 2.42. The Kier molecular flexibility index (Phi) is 5.10. The fourth-order valence-corrected chi connectivity index (χ4v) is 5.27. The fourth-order valence-electron chi connectivity index (χ4n) is 5.27. The molecule has 5 rings (SSSR count). The first-order valence-electron chi connectivity index (χ1n) is 11.0. The third kappa shape index (κ3) is 3.35. The number of hydrogen-bond acceptors (Lipinski definition) is 3. The van der Waals surface area contributed by atoms with Crippen LogP contribution in [0.3, 0.4) is 0 Å². The van der Waals surface area contributed by atoms with Crippen molar-refractivity contribution in [1.29, 1.82) is 0 Å². The number of carbonyl (C=O) groups is 1. The molecule has 0 unspecified atom stereocenters. The Balaban J connectivity index is 1.45. The first-order valence-corrected chi connectivity index (χ1v) is 11.0. The third-order valence-electron chi connectivity index (χ3n) is 6.87. The van der Waals surface area contributed by atoms with E-state index < -0.39 is 0 Å². The first kappa shape index (κ1) is 19.9. The van der Waals surface area contributed by atoms with Crippen LogP contribution in [0.25, 0.3) is 11.3 Å². The van der Waals surface area contributed by atoms with Gasteiger partial charge in [-0.2, -0.15) is 0 Å². The van der Waals surface area contributed by atoms with Crippen molar-refractivity contribution in [3.63, 3.8) is 0 Å². The summed E-state index contributed by atoms with van der Waals surface area (Å²) in [4.78, 5) is 22.3. The lowest BCUT2D eigenvalue weighted by molar-refractivity contribution is -0.00313. The SMILES string of the molecule is CCN1CCn2c(-c3cccc(F)c3)cnc2C12CCN(C(=O)c1ccccc1)CC2. The summed E-state index contributed by atoms with van der Waals surface area (Å²) >= 11 is 0. The number of nitrogens with zero attached hydrogens (tertiary/aromatic N) is 4. The van der Waals surface area contributed by atoms with Gasteiger partial charge in [0.15, 0.2) is 0 Å². The summed E-state index contributed by atoms with van der Waals surface area (Å²) in [7, 11) is 0. The summed E-state index contributed by atoms with van der Waals surface area (Å²) < 4.78 is 16.1. The number of imidazole rings is 1. The molecule has 3 aromatic rings. The highest BCUT2D eigenvalue weighted by molar-refractivity contribution is 5.94. The molecule has 5 nitrogen and oxygen atoms in total. The fraction of sp³-hybridized carbons (Fsp3) is 0.360. The highest BCUT2D eigenvalue weighted by atomic mass is 19.1. The topological polar surface area (TPSA) is 41.4 Å². The lowest BCUT2D eigenvalue weighted by atomic mass is 9.83. The average Bonchev–Trinajstić information content (AvgIpc) is 3.25. The van der Waals surface area contributed by atoms with Gasteiger partial charge in [-0.1, -0.05) is 37.3 Å². The third-order valence-corrected chi connectivity index (χ3v) is 6.87. The molecule has 1 amide bonds. The van der Waals surface area contributed by atoms with Gasteiger partial charge in [0.05, 0.1) is 17.4 Å². The van der Waals surface area contributed by atoms with E-state index >= 15 is 0 Å². The standard InChI is InChI=1S/C25H27FN4O/c1-2-29-15-16-30-22(20-9-6-10-21(26)17-20)18-27-24(30)25(29)11-13-28(14-12-25)23(31)19-7-4-3-5-8-19/h3-10,17-18H,2,11-16H2,1H3. The molecule has 1 aromatic heterocycles. The predicted molar refractivity (Wildman–Crippen MR) is 118 cm³/mol. The van der Waals surface area contributed by atoms with Crippen LogP contribution in [0.1, 0.15) is 35.9 Å². The van der Waals surface area contributed by atoms with Crippen molar-refractivity contribution in [2.75, 3.05) is 26.2 Å². The minimum Gasteiger partial charge on any atom is -0.338 e. The number of carbonyl (C=O) groups excluding carboxylic acids is 1. The number of fused-ring (bicyclic) bond motifs is 2. The van der Waals surface area contributed by atoms with Crippen molar-refractivity contribution in [1.82, 2.24) is 19.4 Å². The smallest absolute Gasteiger partial charge is 0.253 e. The van der Waals surface area contributed by atoms with Crippen molar-refractivity contribution in [2.24, 2.45) is 0 Å². The molecule has 31 heavy (non-hydrogen) atoms. The number of aromatic nitrogens is 2. The van der Waals surface area contributed by atoms with E-state index in [1.807, 2.05) is 47.5 Å². The van der Waals surface area contributed by atoms with Crippen LogP contribution in [0, 0.1) is 5.82 Å². The second kappa shape index (κ2) is 7.93. The summed E-state index contributed by atoms with van der Waals surface area (Å²) in [6, 6.07) is 16.2. The molecular formula is C25H27FN4O. The zero-order valence-electron chi connectivity index (χ0n) is 17.8. The number of halogens is 1. The second-order valence-electron chi connectivity index (χ2n) is 8.40. The van der Waals surface area contributed by atoms with Crippen molar-refractivity contribution < 1.29 is 9.18 Å². The molecule has 1 saturated heterocycles. The van der Waals surface area contributed by atoms with Crippen LogP contribution in [0.5, 0.6) is 0 Å². The number of piperidine rings is 1. The molecule has 0 aliphatic carbocycles. The molecular weight excluding hydrogens is 391 g/mol. The van der Waals surface area contributed by atoms with E-state index in [0.717, 1.165) is 55.1 Å². The molecule has 2 aromatic carbocycles. The van der Waals surface area contributed by atoms with E-state index in [0.29, 0.717) is 13.1 Å². The number of likely N-dealkylation sites (tertiary alicyclic amines) is 1. The molecule has 160 valence electrons. The van der Waals surface area contributed by atoms with Crippen LogP contribution in [-0.4, -0.2) is 51.4 Å². The van der Waals surface area contributed by atoms with Gasteiger partial charge in [0.2, 0.25) is 0 Å². The number of rotatable bonds is 3. The van der Waals surface area contributed by atoms with Crippen molar-refractivity contribution >= 4 is 5.91 Å². The quantitative estimate of drug-likeness (QED) is 0.642. The Morgan fingerprint density at radius 2 is 1.81 bits per heavy atom. The van der Waals surface area contributed by atoms with Crippen molar-refractivity contribution in [3.8, 4) is 11.3 Å². The van der Waals surface area contributed by atoms with E-state index in [1.165, 1.54) is 6.07 Å². The Bertz CT molecular complexity index is 1090. The van der Waals surface area contributed by atoms with Crippen LogP contribution >= 0.6 is 0 Å². The molecule has 2 aliphatic rings. The molecule has 3 heterocycles. The molecule has 2 aliphatic heterocycles. The van der Waals surface area contributed by atoms with E-state index in [2.05, 4.69) is 16.4 Å². The lowest BCUT2D eigenvalue weighted by Crippen LogP contribution is -2.58. The Morgan fingerprint density at radius 3 is 2.52 bits per heavy atom. The van der Waals surface area contributed by atoms with Gasteiger partial charge in [-0.3, -0.25) is 9.69 Å². The van der Waals surface area contributed by atoms with Crippen LogP contribution in [0.2, 0.25) is 0 Å². The van der Waals surface area contributed by atoms with Crippen LogP contribution in [0.15, 0.2) is 60.8 Å². The van der Waals surface area contributed by atoms with Crippen LogP contribution in [0.4, 0.5) is 4.39 Å². The minimum atomic E-state index is -0.235. The Labute approximate surface area is 182 Å². The summed E-state index contributed by atoms with van der Waals surface area (Å²) in [5.41, 5.74) is 2.37. The second-order valence-corrected chi connectivity index (χ2v) is 8.40. The monoisotopic (exact) mass is 418 g/mol. The summed E-state index contributed by atoms with van der Waals surface area (Å²) in [6.45, 7) is 6.29. The summed E-state index contributed by atoms with van der Waals surface area (Å²) in [5.74, 6) is 0.909. The largest absolute Gasteiger partial charge is 0.338 e. The maximum absolute atomic E-state index is 13.8. The number of hydrogen-bond donors (Lipinski definition) is 0. The van der Waals surface area contributed by atoms with Gasteiger partial charge < -0.3 is 9.47 Å². The normalized spacial score (nSPS) is 18.2. The zero-order valence-corrected chi connectivity index (χ0v) is 17.8. The van der Waals surface area contributed by atoms with Gasteiger partial charge in [0.1, 0.15) is 11.6 Å². The molecule has 0 N–H and O–H groups in total. The van der Waals surface area contributed by atoms with Crippen LogP contribution < -0.4 is 0 Å². The van der Waals surface area contributed by atoms with E-state index in [1.54, 1.807) is 12.1 Å². The van der Waals surface area contributed by atoms with Gasteiger partial charge >= 0.3 is 0 Å². The molecule has 0 radical (unpaired) electrons. The first-order chi connectivity index (χ1) is 15.1. The zero-order chi connectivity index (χ0) is 21.4. The molecule has 6 heteroatoms. The maximum Gasteiger partial charge on any atom is 0.253 e. The van der Waals surface area contributed by atoms with Crippen LogP contribution in [-0.2, 0) is 12.1 Å². The molecule has 1 spiro atoms. The predicted octanol–water partition coefficient (Wildman–Crippen LogP) is 4.16. The Morgan fingerprint density at radius 1 is 1.03 bits per heavy atom. The molecule has 0 saturated carbocycles. The number of benzene rings is 2. The highest BCUT2D eigenvalue weighted by Gasteiger charge is 2.47. The van der Waals surface area contributed by atoms with Gasteiger partial charge in [-0.25, -0.2) is 9.37 Å². The van der Waals surface area contributed by atoms with Crippen molar-refractivity contribution in [2.45, 2.75) is 31.8 Å². The Hall–Kier alpha value is -2.99. The number of amides is 1. The maximum atomic E-state index is 13.8. The minimum absolute atomic E-state index is 0.0955. The van der Waals surface area contributed by atoms with Gasteiger partial charge in [-0.05, 0) is 43.7 Å². The molecule has 1 fully saturated rings. The van der Waals surface area contributed by atoms with Crippen molar-refractivity contribution in [3.05, 3.63) is 78.0 Å². The van der Waals surface area contributed by atoms with E-state index in [9.17, 15) is 9.18 Å². The van der Waals surface area contributed by atoms with Gasteiger partial charge in [0, 0.05) is 37.3 Å². The average molecular weight is 419 g/mol. The number of likely N-dealkylation sites (N-methyl/N-ethyl adjacent to an activating group) is 1. The lowest BCUT2D eigenvalue weighted by Gasteiger charge is -2.50. The van der Waals surface area contributed by atoms with E-state index in [4.69, 9.17) is 4.98 Å².